The third-order valence-electron chi connectivity index (χ3n) is 4.47. The number of rotatable bonds is 4. The number of carbonyl (C=O) groups excluding carboxylic acids is 2. The highest BCUT2D eigenvalue weighted by atomic mass is 16.7. The molecule has 2 aliphatic rings. The van der Waals surface area contributed by atoms with Crippen molar-refractivity contribution in [1.82, 2.24) is 5.32 Å². The van der Waals surface area contributed by atoms with E-state index in [-0.39, 0.29) is 30.9 Å². The fraction of sp³-hybridized carbons (Fsp3) is 0.263. The standard InChI is InChI=1S/C19H18N2O4/c22-18-9-14(11-21(18)15-4-2-1-3-5-15)19(23)20-10-13-6-7-16-17(8-13)25-12-24-16/h1-8,14H,9-12H2,(H,20,23)/t14-/m1/s1. The van der Waals surface area contributed by atoms with E-state index in [2.05, 4.69) is 5.32 Å². The van der Waals surface area contributed by atoms with Gasteiger partial charge in [-0.15, -0.1) is 0 Å². The molecule has 2 aromatic rings. The predicted molar refractivity (Wildman–Crippen MR) is 91.3 cm³/mol. The van der Waals surface area contributed by atoms with Crippen LogP contribution < -0.4 is 19.7 Å². The SMILES string of the molecule is O=C(NCc1ccc2c(c1)OCO2)[C@@H]1CC(=O)N(c2ccccc2)C1. The Kier molecular flexibility index (Phi) is 4.01. The summed E-state index contributed by atoms with van der Waals surface area (Å²) in [5, 5.41) is 2.91. The molecule has 2 aromatic carbocycles. The van der Waals surface area contributed by atoms with Gasteiger partial charge >= 0.3 is 0 Å². The Morgan fingerprint density at radius 3 is 2.76 bits per heavy atom. The monoisotopic (exact) mass is 338 g/mol. The van der Waals surface area contributed by atoms with Crippen LogP contribution in [-0.2, 0) is 16.1 Å². The Hall–Kier alpha value is -3.02. The lowest BCUT2D eigenvalue weighted by Gasteiger charge is -2.16. The van der Waals surface area contributed by atoms with Crippen molar-refractivity contribution in [2.75, 3.05) is 18.2 Å². The van der Waals surface area contributed by atoms with Crippen LogP contribution in [0.1, 0.15) is 12.0 Å². The molecule has 6 nitrogen and oxygen atoms in total. The van der Waals surface area contributed by atoms with Gasteiger partial charge in [0.25, 0.3) is 0 Å². The van der Waals surface area contributed by atoms with Gasteiger partial charge < -0.3 is 19.7 Å². The first-order valence-electron chi connectivity index (χ1n) is 8.22. The van der Waals surface area contributed by atoms with Gasteiger partial charge in [-0.25, -0.2) is 0 Å². The van der Waals surface area contributed by atoms with E-state index in [1.54, 1.807) is 4.90 Å². The maximum absolute atomic E-state index is 12.4. The van der Waals surface area contributed by atoms with Gasteiger partial charge in [0.1, 0.15) is 0 Å². The molecule has 0 aromatic heterocycles. The molecular formula is C19H18N2O4. The third-order valence-corrected chi connectivity index (χ3v) is 4.47. The highest BCUT2D eigenvalue weighted by Crippen LogP contribution is 2.32. The molecule has 2 heterocycles. The quantitative estimate of drug-likeness (QED) is 0.927. The molecule has 0 unspecified atom stereocenters. The van der Waals surface area contributed by atoms with Gasteiger partial charge in [-0.2, -0.15) is 0 Å². The summed E-state index contributed by atoms with van der Waals surface area (Å²) in [5.41, 5.74) is 1.76. The second-order valence-electron chi connectivity index (χ2n) is 6.15. The molecular weight excluding hydrogens is 320 g/mol. The van der Waals surface area contributed by atoms with Gasteiger partial charge in [-0.1, -0.05) is 24.3 Å². The number of para-hydroxylation sites is 1. The number of amides is 2. The summed E-state index contributed by atoms with van der Waals surface area (Å²) in [4.78, 5) is 26.3. The van der Waals surface area contributed by atoms with E-state index in [9.17, 15) is 9.59 Å². The predicted octanol–water partition coefficient (Wildman–Crippen LogP) is 2.08. The molecule has 1 atom stereocenters. The fourth-order valence-corrected chi connectivity index (χ4v) is 3.13. The molecule has 1 N–H and O–H groups in total. The summed E-state index contributed by atoms with van der Waals surface area (Å²) in [7, 11) is 0. The summed E-state index contributed by atoms with van der Waals surface area (Å²) in [5.74, 6) is 0.952. The molecule has 0 radical (unpaired) electrons. The Morgan fingerprint density at radius 2 is 1.92 bits per heavy atom. The zero-order chi connectivity index (χ0) is 17.2. The lowest BCUT2D eigenvalue weighted by Crippen LogP contribution is -2.32. The fourth-order valence-electron chi connectivity index (χ4n) is 3.13. The number of hydrogen-bond donors (Lipinski definition) is 1. The third kappa shape index (κ3) is 3.15. The number of carbonyl (C=O) groups is 2. The second kappa shape index (κ2) is 6.47. The molecule has 0 aliphatic carbocycles. The summed E-state index contributed by atoms with van der Waals surface area (Å²) in [6, 6.07) is 15.0. The Labute approximate surface area is 145 Å². The number of nitrogens with one attached hydrogen (secondary N) is 1. The van der Waals surface area contributed by atoms with Crippen molar-refractivity contribution in [2.45, 2.75) is 13.0 Å². The summed E-state index contributed by atoms with van der Waals surface area (Å²) < 4.78 is 10.6. The number of ether oxygens (including phenoxy) is 2. The summed E-state index contributed by atoms with van der Waals surface area (Å²) >= 11 is 0. The molecule has 0 spiro atoms. The van der Waals surface area contributed by atoms with Crippen LogP contribution in [0.3, 0.4) is 0 Å². The van der Waals surface area contributed by atoms with E-state index in [1.165, 1.54) is 0 Å². The van der Waals surface area contributed by atoms with Crippen LogP contribution in [0.2, 0.25) is 0 Å². The van der Waals surface area contributed by atoms with Crippen molar-refractivity contribution in [2.24, 2.45) is 5.92 Å². The number of anilines is 1. The average molecular weight is 338 g/mol. The Bertz CT molecular complexity index is 806. The molecule has 128 valence electrons. The van der Waals surface area contributed by atoms with E-state index >= 15 is 0 Å². The first-order chi connectivity index (χ1) is 12.2. The van der Waals surface area contributed by atoms with Gasteiger partial charge in [0, 0.05) is 25.2 Å². The van der Waals surface area contributed by atoms with E-state index in [4.69, 9.17) is 9.47 Å². The van der Waals surface area contributed by atoms with Crippen molar-refractivity contribution < 1.29 is 19.1 Å². The van der Waals surface area contributed by atoms with E-state index in [1.807, 2.05) is 48.5 Å². The zero-order valence-electron chi connectivity index (χ0n) is 13.6. The van der Waals surface area contributed by atoms with Crippen LogP contribution in [-0.4, -0.2) is 25.2 Å². The molecule has 2 aliphatic heterocycles. The largest absolute Gasteiger partial charge is 0.454 e. The number of benzene rings is 2. The van der Waals surface area contributed by atoms with Gasteiger partial charge in [-0.05, 0) is 29.8 Å². The number of nitrogens with zero attached hydrogens (tertiary/aromatic N) is 1. The summed E-state index contributed by atoms with van der Waals surface area (Å²) in [6.07, 6.45) is 0.238. The van der Waals surface area contributed by atoms with Gasteiger partial charge in [0.15, 0.2) is 11.5 Å². The van der Waals surface area contributed by atoms with Crippen LogP contribution >= 0.6 is 0 Å². The molecule has 25 heavy (non-hydrogen) atoms. The molecule has 0 bridgehead atoms. The maximum Gasteiger partial charge on any atom is 0.231 e. The van der Waals surface area contributed by atoms with Crippen LogP contribution in [0.15, 0.2) is 48.5 Å². The average Bonchev–Trinajstić information content (AvgIpc) is 3.26. The minimum Gasteiger partial charge on any atom is -0.454 e. The van der Waals surface area contributed by atoms with Crippen molar-refractivity contribution >= 4 is 17.5 Å². The molecule has 2 amide bonds. The molecule has 1 saturated heterocycles. The van der Waals surface area contributed by atoms with Crippen molar-refractivity contribution in [3.63, 3.8) is 0 Å². The van der Waals surface area contributed by atoms with Gasteiger partial charge in [0.2, 0.25) is 18.6 Å². The summed E-state index contributed by atoms with van der Waals surface area (Å²) in [6.45, 7) is 1.03. The minimum absolute atomic E-state index is 0.0190. The smallest absolute Gasteiger partial charge is 0.231 e. The van der Waals surface area contributed by atoms with Crippen LogP contribution in [0.4, 0.5) is 5.69 Å². The van der Waals surface area contributed by atoms with Gasteiger partial charge in [0.05, 0.1) is 5.92 Å². The van der Waals surface area contributed by atoms with Crippen LogP contribution in [0, 0.1) is 5.92 Å². The maximum atomic E-state index is 12.4. The van der Waals surface area contributed by atoms with E-state index in [0.29, 0.717) is 18.8 Å². The zero-order valence-corrected chi connectivity index (χ0v) is 13.6. The highest BCUT2D eigenvalue weighted by molar-refractivity contribution is 6.00. The lowest BCUT2D eigenvalue weighted by molar-refractivity contribution is -0.126. The second-order valence-corrected chi connectivity index (χ2v) is 6.15. The van der Waals surface area contributed by atoms with Crippen molar-refractivity contribution in [3.8, 4) is 11.5 Å². The van der Waals surface area contributed by atoms with E-state index < -0.39 is 0 Å². The van der Waals surface area contributed by atoms with Crippen LogP contribution in [0.5, 0.6) is 11.5 Å². The topological polar surface area (TPSA) is 67.9 Å². The molecule has 0 saturated carbocycles. The first kappa shape index (κ1) is 15.5. The number of hydrogen-bond acceptors (Lipinski definition) is 4. The Morgan fingerprint density at radius 1 is 1.12 bits per heavy atom. The normalized spacial score (nSPS) is 18.5. The minimum atomic E-state index is -0.332. The van der Waals surface area contributed by atoms with Crippen molar-refractivity contribution in [3.05, 3.63) is 54.1 Å². The van der Waals surface area contributed by atoms with Crippen molar-refractivity contribution in [1.29, 1.82) is 0 Å². The lowest BCUT2D eigenvalue weighted by atomic mass is 10.1. The molecule has 4 rings (SSSR count). The van der Waals surface area contributed by atoms with Gasteiger partial charge in [-0.3, -0.25) is 9.59 Å². The molecule has 6 heteroatoms. The number of fused-ring (bicyclic) bond motifs is 1. The van der Waals surface area contributed by atoms with E-state index in [0.717, 1.165) is 17.0 Å². The highest BCUT2D eigenvalue weighted by Gasteiger charge is 2.34. The molecule has 1 fully saturated rings. The first-order valence-corrected chi connectivity index (χ1v) is 8.22. The van der Waals surface area contributed by atoms with Crippen LogP contribution in [0.25, 0.3) is 0 Å². The Balaban J connectivity index is 1.36.